The van der Waals surface area contributed by atoms with Crippen molar-refractivity contribution in [2.45, 2.75) is 11.8 Å². The van der Waals surface area contributed by atoms with E-state index in [4.69, 9.17) is 0 Å². The van der Waals surface area contributed by atoms with Crippen LogP contribution in [0, 0.1) is 17.0 Å². The number of benzene rings is 2. The Bertz CT molecular complexity index is 966. The summed E-state index contributed by atoms with van der Waals surface area (Å²) < 4.78 is 25.5. The van der Waals surface area contributed by atoms with Crippen molar-refractivity contribution in [3.8, 4) is 0 Å². The molecule has 8 nitrogen and oxygen atoms in total. The molecule has 0 spiro atoms. The largest absolute Gasteiger partial charge is 0.322 e. The van der Waals surface area contributed by atoms with Crippen molar-refractivity contribution in [1.82, 2.24) is 4.72 Å². The number of nitro benzene ring substituents is 1. The van der Waals surface area contributed by atoms with E-state index in [-0.39, 0.29) is 10.6 Å². The lowest BCUT2D eigenvalue weighted by molar-refractivity contribution is -0.384. The molecule has 0 aliphatic carbocycles. The van der Waals surface area contributed by atoms with Crippen LogP contribution in [0.25, 0.3) is 6.08 Å². The Morgan fingerprint density at radius 2 is 1.81 bits per heavy atom. The first-order chi connectivity index (χ1) is 12.2. The van der Waals surface area contributed by atoms with Crippen LogP contribution in [0.1, 0.15) is 11.1 Å². The van der Waals surface area contributed by atoms with Gasteiger partial charge >= 0.3 is 0 Å². The van der Waals surface area contributed by atoms with Crippen LogP contribution in [0.4, 0.5) is 11.4 Å². The number of non-ortho nitro benzene ring substituents is 1. The Labute approximate surface area is 150 Å². The second-order valence-corrected chi connectivity index (χ2v) is 7.24. The second-order valence-electron chi connectivity index (χ2n) is 5.36. The standard InChI is InChI=1S/C17H17N3O5S/c1-12-3-7-14(20(22)23)11-16(12)19-17(21)10-6-13-4-8-15(9-5-13)26(24,25)18-2/h3-11,18H,1-2H3,(H,19,21)/b10-6+. The fraction of sp³-hybridized carbons (Fsp3) is 0.118. The number of carbonyl (C=O) groups excluding carboxylic acids is 1. The Morgan fingerprint density at radius 1 is 1.15 bits per heavy atom. The lowest BCUT2D eigenvalue weighted by Crippen LogP contribution is -2.18. The molecule has 9 heteroatoms. The minimum atomic E-state index is -3.51. The van der Waals surface area contributed by atoms with Crippen molar-refractivity contribution in [3.63, 3.8) is 0 Å². The Balaban J connectivity index is 2.11. The first-order valence-electron chi connectivity index (χ1n) is 7.50. The quantitative estimate of drug-likeness (QED) is 0.457. The van der Waals surface area contributed by atoms with Crippen molar-refractivity contribution in [2.24, 2.45) is 0 Å². The fourth-order valence-corrected chi connectivity index (χ4v) is 2.81. The highest BCUT2D eigenvalue weighted by atomic mass is 32.2. The van der Waals surface area contributed by atoms with Crippen LogP contribution in [0.15, 0.2) is 53.4 Å². The van der Waals surface area contributed by atoms with E-state index >= 15 is 0 Å². The van der Waals surface area contributed by atoms with Gasteiger partial charge in [0.15, 0.2) is 0 Å². The van der Waals surface area contributed by atoms with Crippen LogP contribution in [0.5, 0.6) is 0 Å². The lowest BCUT2D eigenvalue weighted by atomic mass is 10.1. The number of nitro groups is 1. The molecule has 2 rings (SSSR count). The number of nitrogens with zero attached hydrogens (tertiary/aromatic N) is 1. The third kappa shape index (κ3) is 4.74. The zero-order valence-corrected chi connectivity index (χ0v) is 14.9. The number of hydrogen-bond acceptors (Lipinski definition) is 5. The van der Waals surface area contributed by atoms with Gasteiger partial charge in [0.05, 0.1) is 15.5 Å². The summed E-state index contributed by atoms with van der Waals surface area (Å²) in [6, 6.07) is 10.2. The van der Waals surface area contributed by atoms with Gasteiger partial charge in [-0.2, -0.15) is 0 Å². The molecule has 0 unspecified atom stereocenters. The minimum absolute atomic E-state index is 0.115. The van der Waals surface area contributed by atoms with Crippen molar-refractivity contribution in [2.75, 3.05) is 12.4 Å². The van der Waals surface area contributed by atoms with Gasteiger partial charge in [0, 0.05) is 18.2 Å². The summed E-state index contributed by atoms with van der Waals surface area (Å²) in [5.41, 5.74) is 1.56. The van der Waals surface area contributed by atoms with Gasteiger partial charge in [-0.25, -0.2) is 13.1 Å². The van der Waals surface area contributed by atoms with E-state index in [0.717, 1.165) is 0 Å². The number of nitrogens with one attached hydrogen (secondary N) is 2. The van der Waals surface area contributed by atoms with Crippen LogP contribution in [0.3, 0.4) is 0 Å². The van der Waals surface area contributed by atoms with Crippen molar-refractivity contribution in [3.05, 3.63) is 69.8 Å². The summed E-state index contributed by atoms with van der Waals surface area (Å²) in [6.45, 7) is 1.73. The molecule has 0 aromatic heterocycles. The van der Waals surface area contributed by atoms with Gasteiger partial charge in [0.25, 0.3) is 5.69 Å². The molecule has 0 saturated heterocycles. The summed E-state index contributed by atoms with van der Waals surface area (Å²) in [5, 5.41) is 13.4. The van der Waals surface area contributed by atoms with Gasteiger partial charge in [-0.1, -0.05) is 18.2 Å². The van der Waals surface area contributed by atoms with E-state index in [1.807, 2.05) is 0 Å². The zero-order chi connectivity index (χ0) is 19.3. The van der Waals surface area contributed by atoms with E-state index in [1.54, 1.807) is 25.1 Å². The average molecular weight is 375 g/mol. The smallest absolute Gasteiger partial charge is 0.271 e. The van der Waals surface area contributed by atoms with Gasteiger partial charge in [-0.3, -0.25) is 14.9 Å². The highest BCUT2D eigenvalue weighted by Gasteiger charge is 2.11. The molecule has 0 aliphatic rings. The third-order valence-corrected chi connectivity index (χ3v) is 5.01. The van der Waals surface area contributed by atoms with Gasteiger partial charge in [0.2, 0.25) is 15.9 Å². The maximum Gasteiger partial charge on any atom is 0.271 e. The molecule has 136 valence electrons. The van der Waals surface area contributed by atoms with E-state index in [2.05, 4.69) is 10.0 Å². The van der Waals surface area contributed by atoms with E-state index in [9.17, 15) is 23.3 Å². The number of hydrogen-bond donors (Lipinski definition) is 2. The normalized spacial score (nSPS) is 11.5. The Morgan fingerprint density at radius 3 is 2.38 bits per heavy atom. The fourth-order valence-electron chi connectivity index (χ4n) is 2.08. The van der Waals surface area contributed by atoms with E-state index in [1.165, 1.54) is 43.5 Å². The number of amides is 1. The number of aryl methyl sites for hydroxylation is 1. The summed E-state index contributed by atoms with van der Waals surface area (Å²) >= 11 is 0. The van der Waals surface area contributed by atoms with E-state index < -0.39 is 20.9 Å². The van der Waals surface area contributed by atoms with Crippen molar-refractivity contribution < 1.29 is 18.1 Å². The van der Waals surface area contributed by atoms with Crippen molar-refractivity contribution in [1.29, 1.82) is 0 Å². The highest BCUT2D eigenvalue weighted by Crippen LogP contribution is 2.22. The molecule has 2 aromatic rings. The van der Waals surface area contributed by atoms with Gasteiger partial charge in [-0.15, -0.1) is 0 Å². The first-order valence-corrected chi connectivity index (χ1v) is 8.99. The predicted molar refractivity (Wildman–Crippen MR) is 98.2 cm³/mol. The number of rotatable bonds is 6. The molecular weight excluding hydrogens is 358 g/mol. The summed E-state index contributed by atoms with van der Waals surface area (Å²) in [6.07, 6.45) is 2.78. The van der Waals surface area contributed by atoms with Gasteiger partial charge in [0.1, 0.15) is 0 Å². The van der Waals surface area contributed by atoms with Crippen LogP contribution in [-0.2, 0) is 14.8 Å². The Kier molecular flexibility index (Phi) is 5.86. The predicted octanol–water partition coefficient (Wildman–Crippen LogP) is 2.46. The molecular formula is C17H17N3O5S. The molecule has 0 saturated carbocycles. The Hall–Kier alpha value is -3.04. The lowest BCUT2D eigenvalue weighted by Gasteiger charge is -2.06. The monoisotopic (exact) mass is 375 g/mol. The first kappa shape index (κ1) is 19.3. The molecule has 26 heavy (non-hydrogen) atoms. The molecule has 0 heterocycles. The maximum absolute atomic E-state index is 12.0. The van der Waals surface area contributed by atoms with Crippen LogP contribution in [-0.4, -0.2) is 26.3 Å². The van der Waals surface area contributed by atoms with Crippen LogP contribution in [0.2, 0.25) is 0 Å². The summed E-state index contributed by atoms with van der Waals surface area (Å²) in [5.74, 6) is -0.458. The topological polar surface area (TPSA) is 118 Å². The highest BCUT2D eigenvalue weighted by molar-refractivity contribution is 7.89. The molecule has 2 N–H and O–H groups in total. The average Bonchev–Trinajstić information content (AvgIpc) is 2.62. The molecule has 0 aliphatic heterocycles. The molecule has 0 radical (unpaired) electrons. The van der Waals surface area contributed by atoms with Crippen molar-refractivity contribution >= 4 is 33.4 Å². The van der Waals surface area contributed by atoms with Crippen LogP contribution < -0.4 is 10.0 Å². The van der Waals surface area contributed by atoms with Crippen LogP contribution >= 0.6 is 0 Å². The summed E-state index contributed by atoms with van der Waals surface area (Å²) in [7, 11) is -2.19. The molecule has 1 amide bonds. The third-order valence-electron chi connectivity index (χ3n) is 3.58. The number of carbonyl (C=O) groups is 1. The zero-order valence-electron chi connectivity index (χ0n) is 14.1. The minimum Gasteiger partial charge on any atom is -0.322 e. The SMILES string of the molecule is CNS(=O)(=O)c1ccc(/C=C/C(=O)Nc2cc([N+](=O)[O-])ccc2C)cc1. The maximum atomic E-state index is 12.0. The molecule has 2 aromatic carbocycles. The molecule has 0 atom stereocenters. The summed E-state index contributed by atoms with van der Waals surface area (Å²) in [4.78, 5) is 22.4. The van der Waals surface area contributed by atoms with Gasteiger partial charge < -0.3 is 5.32 Å². The van der Waals surface area contributed by atoms with E-state index in [0.29, 0.717) is 16.8 Å². The number of sulfonamides is 1. The molecule has 0 fully saturated rings. The molecule has 0 bridgehead atoms. The second kappa shape index (κ2) is 7.89. The number of anilines is 1. The van der Waals surface area contributed by atoms with Gasteiger partial charge in [-0.05, 0) is 43.3 Å².